The van der Waals surface area contributed by atoms with Gasteiger partial charge in [-0.25, -0.2) is 0 Å². The number of nitrogens with one attached hydrogen (secondary N) is 1. The summed E-state index contributed by atoms with van der Waals surface area (Å²) in [5, 5.41) is 14.2. The van der Waals surface area contributed by atoms with Crippen LogP contribution in [0.5, 0.6) is 0 Å². The molecule has 0 saturated heterocycles. The second-order valence-electron chi connectivity index (χ2n) is 4.61. The smallest absolute Gasteiger partial charge is 0.240 e. The van der Waals surface area contributed by atoms with Gasteiger partial charge in [0.15, 0.2) is 5.82 Å². The number of alkyl halides is 1. The predicted octanol–water partition coefficient (Wildman–Crippen LogP) is 2.08. The molecule has 1 N–H and O–H groups in total. The van der Waals surface area contributed by atoms with Crippen molar-refractivity contribution in [2.24, 2.45) is 0 Å². The van der Waals surface area contributed by atoms with E-state index in [0.717, 1.165) is 5.69 Å². The second kappa shape index (κ2) is 5.08. The van der Waals surface area contributed by atoms with Gasteiger partial charge in [-0.1, -0.05) is 22.0 Å². The van der Waals surface area contributed by atoms with Crippen LogP contribution < -0.4 is 5.32 Å². The zero-order valence-corrected chi connectivity index (χ0v) is 12.5. The molecule has 0 atom stereocenters. The van der Waals surface area contributed by atoms with E-state index < -0.39 is 4.32 Å². The number of hydrogen-bond donors (Lipinski definition) is 1. The molecule has 7 heteroatoms. The molecule has 1 aromatic heterocycles. The number of hydrogen-bond acceptors (Lipinski definition) is 4. The summed E-state index contributed by atoms with van der Waals surface area (Å²) in [7, 11) is 0. The van der Waals surface area contributed by atoms with E-state index in [9.17, 15) is 4.79 Å². The molecule has 2 aromatic rings. The standard InChI is InChI=1S/C12H14BrN5O/c1-8-15-16-17-18(8)10-6-4-5-9(7-10)14-11(19)12(2,3)13/h4-7H,1-3H3,(H,14,19). The molecule has 6 nitrogen and oxygen atoms in total. The number of rotatable bonds is 3. The molecule has 1 amide bonds. The number of nitrogens with zero attached hydrogens (tertiary/aromatic N) is 4. The van der Waals surface area contributed by atoms with E-state index in [1.165, 1.54) is 0 Å². The number of anilines is 1. The van der Waals surface area contributed by atoms with Gasteiger partial charge in [-0.15, -0.1) is 5.10 Å². The number of aromatic nitrogens is 4. The Morgan fingerprint density at radius 2 is 2.16 bits per heavy atom. The maximum atomic E-state index is 11.9. The third-order valence-corrected chi connectivity index (χ3v) is 2.87. The van der Waals surface area contributed by atoms with Gasteiger partial charge in [0.1, 0.15) is 0 Å². The fraction of sp³-hybridized carbons (Fsp3) is 0.333. The first-order valence-electron chi connectivity index (χ1n) is 5.74. The Morgan fingerprint density at radius 3 is 2.74 bits per heavy atom. The van der Waals surface area contributed by atoms with Gasteiger partial charge in [-0.05, 0) is 49.4 Å². The normalized spacial score (nSPS) is 11.4. The van der Waals surface area contributed by atoms with Crippen molar-refractivity contribution in [2.75, 3.05) is 5.32 Å². The van der Waals surface area contributed by atoms with Crippen molar-refractivity contribution in [1.82, 2.24) is 20.2 Å². The zero-order valence-electron chi connectivity index (χ0n) is 10.9. The lowest BCUT2D eigenvalue weighted by Crippen LogP contribution is -2.30. The van der Waals surface area contributed by atoms with Crippen LogP contribution in [-0.2, 0) is 4.79 Å². The van der Waals surface area contributed by atoms with Gasteiger partial charge in [0, 0.05) is 5.69 Å². The van der Waals surface area contributed by atoms with Crippen LogP contribution in [0.3, 0.4) is 0 Å². The van der Waals surface area contributed by atoms with E-state index in [1.54, 1.807) is 18.5 Å². The van der Waals surface area contributed by atoms with Gasteiger partial charge in [0.25, 0.3) is 0 Å². The fourth-order valence-corrected chi connectivity index (χ4v) is 1.56. The number of tetrazole rings is 1. The first kappa shape index (κ1) is 13.7. The van der Waals surface area contributed by atoms with Crippen molar-refractivity contribution in [3.8, 4) is 5.69 Å². The first-order valence-corrected chi connectivity index (χ1v) is 6.53. The zero-order chi connectivity index (χ0) is 14.0. The number of halogens is 1. The summed E-state index contributed by atoms with van der Waals surface area (Å²) in [5.41, 5.74) is 1.50. The van der Waals surface area contributed by atoms with E-state index >= 15 is 0 Å². The third-order valence-electron chi connectivity index (χ3n) is 2.51. The van der Waals surface area contributed by atoms with Crippen molar-refractivity contribution in [1.29, 1.82) is 0 Å². The number of carbonyl (C=O) groups is 1. The summed E-state index contributed by atoms with van der Waals surface area (Å²) >= 11 is 3.32. The lowest BCUT2D eigenvalue weighted by Gasteiger charge is -2.16. The largest absolute Gasteiger partial charge is 0.325 e. The summed E-state index contributed by atoms with van der Waals surface area (Å²) in [6.45, 7) is 5.39. The monoisotopic (exact) mass is 323 g/mol. The molecule has 100 valence electrons. The third kappa shape index (κ3) is 3.17. The van der Waals surface area contributed by atoms with Crippen LogP contribution in [0.15, 0.2) is 24.3 Å². The van der Waals surface area contributed by atoms with Crippen LogP contribution in [0.2, 0.25) is 0 Å². The molecule has 1 aromatic carbocycles. The highest BCUT2D eigenvalue weighted by molar-refractivity contribution is 9.10. The average molecular weight is 324 g/mol. The van der Waals surface area contributed by atoms with Gasteiger partial charge in [0.2, 0.25) is 5.91 Å². The minimum Gasteiger partial charge on any atom is -0.325 e. The van der Waals surface area contributed by atoms with Crippen molar-refractivity contribution >= 4 is 27.5 Å². The van der Waals surface area contributed by atoms with Gasteiger partial charge >= 0.3 is 0 Å². The van der Waals surface area contributed by atoms with Crippen molar-refractivity contribution < 1.29 is 4.79 Å². The Balaban J connectivity index is 2.26. The molecule has 2 rings (SSSR count). The Labute approximate surface area is 119 Å². The summed E-state index contributed by atoms with van der Waals surface area (Å²) in [4.78, 5) is 11.9. The number of carbonyl (C=O) groups excluding carboxylic acids is 1. The van der Waals surface area contributed by atoms with Crippen LogP contribution in [0.25, 0.3) is 5.69 Å². The summed E-state index contributed by atoms with van der Waals surface area (Å²) in [6, 6.07) is 7.35. The molecule has 0 aliphatic rings. The molecule has 19 heavy (non-hydrogen) atoms. The molecule has 0 radical (unpaired) electrons. The lowest BCUT2D eigenvalue weighted by molar-refractivity contribution is -0.117. The topological polar surface area (TPSA) is 72.7 Å². The van der Waals surface area contributed by atoms with Crippen LogP contribution >= 0.6 is 15.9 Å². The average Bonchev–Trinajstić information content (AvgIpc) is 2.74. The van der Waals surface area contributed by atoms with Crippen molar-refractivity contribution in [3.05, 3.63) is 30.1 Å². The minimum atomic E-state index is -0.617. The lowest BCUT2D eigenvalue weighted by atomic mass is 10.2. The van der Waals surface area contributed by atoms with E-state index in [1.807, 2.05) is 31.2 Å². The van der Waals surface area contributed by atoms with E-state index in [4.69, 9.17) is 0 Å². The Bertz CT molecular complexity index is 602. The quantitative estimate of drug-likeness (QED) is 0.878. The molecule has 0 fully saturated rings. The molecule has 0 aliphatic carbocycles. The predicted molar refractivity (Wildman–Crippen MR) is 75.5 cm³/mol. The molecule has 1 heterocycles. The van der Waals surface area contributed by atoms with Gasteiger partial charge in [-0.3, -0.25) is 4.79 Å². The number of aryl methyl sites for hydroxylation is 1. The Hall–Kier alpha value is -1.76. The summed E-state index contributed by atoms with van der Waals surface area (Å²) in [6.07, 6.45) is 0. The van der Waals surface area contributed by atoms with Crippen LogP contribution in [0.1, 0.15) is 19.7 Å². The highest BCUT2D eigenvalue weighted by atomic mass is 79.9. The molecule has 0 saturated carbocycles. The number of amides is 1. The molecular formula is C12H14BrN5O. The van der Waals surface area contributed by atoms with Gasteiger partial charge in [0.05, 0.1) is 10.0 Å². The highest BCUT2D eigenvalue weighted by Gasteiger charge is 2.23. The van der Waals surface area contributed by atoms with E-state index in [2.05, 4.69) is 36.8 Å². The Kier molecular flexibility index (Phi) is 3.66. The van der Waals surface area contributed by atoms with E-state index in [-0.39, 0.29) is 5.91 Å². The molecular weight excluding hydrogens is 310 g/mol. The fourth-order valence-electron chi connectivity index (χ4n) is 1.47. The SMILES string of the molecule is Cc1nnnn1-c1cccc(NC(=O)C(C)(C)Br)c1. The first-order chi connectivity index (χ1) is 8.88. The molecule has 0 bridgehead atoms. The summed E-state index contributed by atoms with van der Waals surface area (Å²) < 4.78 is 0.989. The van der Waals surface area contributed by atoms with Crippen LogP contribution in [0, 0.1) is 6.92 Å². The van der Waals surface area contributed by atoms with E-state index in [0.29, 0.717) is 11.5 Å². The maximum absolute atomic E-state index is 11.9. The Morgan fingerprint density at radius 1 is 1.42 bits per heavy atom. The van der Waals surface area contributed by atoms with Gasteiger partial charge in [-0.2, -0.15) is 4.68 Å². The molecule has 0 aliphatic heterocycles. The van der Waals surface area contributed by atoms with Crippen molar-refractivity contribution in [3.63, 3.8) is 0 Å². The van der Waals surface area contributed by atoms with Crippen LogP contribution in [0.4, 0.5) is 5.69 Å². The number of benzene rings is 1. The molecule has 0 spiro atoms. The summed E-state index contributed by atoms with van der Waals surface area (Å²) in [5.74, 6) is 0.572. The second-order valence-corrected chi connectivity index (χ2v) is 6.60. The van der Waals surface area contributed by atoms with Crippen LogP contribution in [-0.4, -0.2) is 30.4 Å². The highest BCUT2D eigenvalue weighted by Crippen LogP contribution is 2.20. The maximum Gasteiger partial charge on any atom is 0.240 e. The molecule has 0 unspecified atom stereocenters. The van der Waals surface area contributed by atoms with Crippen molar-refractivity contribution in [2.45, 2.75) is 25.1 Å². The minimum absolute atomic E-state index is 0.113. The van der Waals surface area contributed by atoms with Gasteiger partial charge < -0.3 is 5.32 Å².